The number of alkyl halides is 3. The first-order valence-electron chi connectivity index (χ1n) is 9.45. The van der Waals surface area contributed by atoms with E-state index in [1.165, 1.54) is 20.8 Å². The van der Waals surface area contributed by atoms with Crippen LogP contribution in [0.15, 0.2) is 30.3 Å². The Balaban J connectivity index is 2.75. The molecule has 30 heavy (non-hydrogen) atoms. The molecule has 0 aliphatic carbocycles. The number of benzene rings is 1. The number of amides is 1. The van der Waals surface area contributed by atoms with E-state index in [0.717, 1.165) is 25.2 Å². The fourth-order valence-corrected chi connectivity index (χ4v) is 2.31. The first-order valence-corrected chi connectivity index (χ1v) is 8.45. The number of halogens is 4. The number of hydrogen-bond acceptors (Lipinski definition) is 5. The third-order valence-electron chi connectivity index (χ3n) is 3.57. The van der Waals surface area contributed by atoms with Crippen molar-refractivity contribution in [3.8, 4) is 11.3 Å². The predicted octanol–water partition coefficient (Wildman–Crippen LogP) is 5.18. The molecule has 162 valence electrons. The summed E-state index contributed by atoms with van der Waals surface area (Å²) in [6.45, 7) is 1.75. The molecule has 1 amide bonds. The van der Waals surface area contributed by atoms with Gasteiger partial charge in [-0.2, -0.15) is 17.6 Å². The molecule has 0 spiro atoms. The fourth-order valence-electron chi connectivity index (χ4n) is 2.31. The van der Waals surface area contributed by atoms with E-state index < -0.39 is 63.3 Å². The normalized spacial score (nSPS) is 13.3. The van der Waals surface area contributed by atoms with E-state index in [9.17, 15) is 32.5 Å². The van der Waals surface area contributed by atoms with Crippen LogP contribution in [0.4, 0.5) is 28.0 Å². The highest BCUT2D eigenvalue weighted by Gasteiger charge is 2.34. The molecule has 1 aromatic carbocycles. The molecule has 2 aromatic rings. The lowest BCUT2D eigenvalue weighted by molar-refractivity contribution is -0.387. The van der Waals surface area contributed by atoms with Crippen LogP contribution in [0.25, 0.3) is 11.3 Å². The van der Waals surface area contributed by atoms with Gasteiger partial charge in [0.2, 0.25) is 5.82 Å². The number of nitro groups is 1. The second-order valence-corrected chi connectivity index (χ2v) is 7.14. The van der Waals surface area contributed by atoms with E-state index in [-0.39, 0.29) is 0 Å². The molecule has 0 fully saturated rings. The van der Waals surface area contributed by atoms with Crippen LogP contribution in [0.3, 0.4) is 0 Å². The maximum absolute atomic E-state index is 14.8. The summed E-state index contributed by atoms with van der Waals surface area (Å²) < 4.78 is 76.3. The van der Waals surface area contributed by atoms with Gasteiger partial charge in [-0.1, -0.05) is 12.1 Å². The van der Waals surface area contributed by atoms with Crippen LogP contribution >= 0.6 is 0 Å². The number of ether oxygens (including phenoxy) is 1. The highest BCUT2D eigenvalue weighted by atomic mass is 19.4. The fraction of sp³-hybridized carbons (Fsp3) is 0.368. The van der Waals surface area contributed by atoms with Crippen molar-refractivity contribution < 1.29 is 34.8 Å². The molecule has 0 radical (unpaired) electrons. The summed E-state index contributed by atoms with van der Waals surface area (Å²) in [5.74, 6) is -1.50. The van der Waals surface area contributed by atoms with Crippen LogP contribution in [0, 0.1) is 15.9 Å². The lowest BCUT2D eigenvalue weighted by Crippen LogP contribution is -2.34. The Morgan fingerprint density at radius 2 is 1.90 bits per heavy atom. The van der Waals surface area contributed by atoms with Crippen LogP contribution in [-0.4, -0.2) is 33.5 Å². The zero-order valence-corrected chi connectivity index (χ0v) is 16.4. The van der Waals surface area contributed by atoms with Gasteiger partial charge >= 0.3 is 18.0 Å². The second kappa shape index (κ2) is 8.25. The van der Waals surface area contributed by atoms with Crippen LogP contribution < -0.4 is 0 Å². The van der Waals surface area contributed by atoms with Gasteiger partial charge in [0.15, 0.2) is 0 Å². The minimum Gasteiger partial charge on any atom is -0.444 e. The molecule has 1 aromatic heterocycles. The lowest BCUT2D eigenvalue weighted by Gasteiger charge is -2.25. The first kappa shape index (κ1) is 20.0. The minimum atomic E-state index is -4.96. The molecule has 0 atom stereocenters. The molecule has 0 bridgehead atoms. The van der Waals surface area contributed by atoms with Crippen molar-refractivity contribution >= 4 is 11.8 Å². The Hall–Kier alpha value is -3.24. The van der Waals surface area contributed by atoms with Crippen molar-refractivity contribution in [3.05, 3.63) is 57.5 Å². The molecule has 0 N–H and O–H groups in total. The largest absolute Gasteiger partial charge is 0.444 e. The van der Waals surface area contributed by atoms with E-state index in [2.05, 4.69) is 4.98 Å². The summed E-state index contributed by atoms with van der Waals surface area (Å²) in [4.78, 5) is 26.2. The number of rotatable bonds is 4. The van der Waals surface area contributed by atoms with Gasteiger partial charge in [-0.05, 0) is 38.5 Å². The highest BCUT2D eigenvalue weighted by Crippen LogP contribution is 2.34. The number of hydrogen-bond donors (Lipinski definition) is 0. The zero-order valence-electron chi connectivity index (χ0n) is 18.4. The Morgan fingerprint density at radius 3 is 2.43 bits per heavy atom. The maximum Gasteiger partial charge on any atom is 0.433 e. The molecule has 1 heterocycles. The quantitative estimate of drug-likeness (QED) is 0.378. The average molecular weight is 431 g/mol. The average Bonchev–Trinajstić information content (AvgIpc) is 2.64. The van der Waals surface area contributed by atoms with Gasteiger partial charge in [0.1, 0.15) is 11.3 Å². The highest BCUT2D eigenvalue weighted by molar-refractivity contribution is 5.70. The lowest BCUT2D eigenvalue weighted by atomic mass is 10.0. The van der Waals surface area contributed by atoms with E-state index in [1.54, 1.807) is 0 Å². The van der Waals surface area contributed by atoms with Gasteiger partial charge < -0.3 is 9.64 Å². The van der Waals surface area contributed by atoms with Crippen LogP contribution in [0.5, 0.6) is 0 Å². The van der Waals surface area contributed by atoms with E-state index >= 15 is 0 Å². The van der Waals surface area contributed by atoms with Crippen molar-refractivity contribution in [2.45, 2.75) is 39.0 Å². The van der Waals surface area contributed by atoms with Crippen molar-refractivity contribution in [1.29, 1.82) is 0 Å². The maximum atomic E-state index is 14.8. The smallest absolute Gasteiger partial charge is 0.433 e. The SMILES string of the molecule is [2H]C([2H])(c1ccc(C(F)(F)F)nc1-c1cccc([N+](=O)[O-])c1F)N(C)C(=O)OC(C)(C)C. The summed E-state index contributed by atoms with van der Waals surface area (Å²) in [6.07, 6.45) is -6.11. The number of nitrogens with zero attached hydrogens (tertiary/aromatic N) is 3. The van der Waals surface area contributed by atoms with Gasteiger partial charge in [0.25, 0.3) is 0 Å². The van der Waals surface area contributed by atoms with Crippen LogP contribution in [-0.2, 0) is 17.4 Å². The molecule has 0 aliphatic heterocycles. The summed E-state index contributed by atoms with van der Waals surface area (Å²) in [7, 11) is 0.999. The standard InChI is InChI=1S/C19H19F4N3O4/c1-18(2,3)30-17(27)25(4)10-11-8-9-14(19(21,22)23)24-16(11)12-6-5-7-13(15(12)20)26(28)29/h5-9H,10H2,1-4H3/i10D2. The van der Waals surface area contributed by atoms with E-state index in [0.29, 0.717) is 17.0 Å². The monoisotopic (exact) mass is 431 g/mol. The molecule has 0 saturated carbocycles. The molecular formula is C19H19F4N3O4. The summed E-state index contributed by atoms with van der Waals surface area (Å²) in [6, 6.07) is 3.92. The van der Waals surface area contributed by atoms with Gasteiger partial charge in [0.05, 0.1) is 19.9 Å². The Bertz CT molecular complexity index is 1060. The molecule has 7 nitrogen and oxygen atoms in total. The van der Waals surface area contributed by atoms with Crippen LogP contribution in [0.1, 0.15) is 34.8 Å². The Labute approximate surface area is 172 Å². The van der Waals surface area contributed by atoms with E-state index in [4.69, 9.17) is 7.48 Å². The minimum absolute atomic E-state index is 0.467. The third kappa shape index (κ3) is 5.43. The number of aromatic nitrogens is 1. The van der Waals surface area contributed by atoms with Crippen molar-refractivity contribution in [2.24, 2.45) is 0 Å². The molecule has 0 saturated heterocycles. The first-order chi connectivity index (χ1) is 14.5. The Kier molecular flexibility index (Phi) is 5.51. The van der Waals surface area contributed by atoms with Gasteiger partial charge in [-0.25, -0.2) is 9.78 Å². The summed E-state index contributed by atoms with van der Waals surface area (Å²) >= 11 is 0. The van der Waals surface area contributed by atoms with Gasteiger partial charge in [-0.15, -0.1) is 0 Å². The molecule has 2 rings (SSSR count). The van der Waals surface area contributed by atoms with Crippen LogP contribution in [0.2, 0.25) is 0 Å². The summed E-state index contributed by atoms with van der Waals surface area (Å²) in [5, 5.41) is 11.1. The number of pyridine rings is 1. The molecule has 0 unspecified atom stereocenters. The third-order valence-corrected chi connectivity index (χ3v) is 3.57. The van der Waals surface area contributed by atoms with Crippen molar-refractivity contribution in [3.63, 3.8) is 0 Å². The van der Waals surface area contributed by atoms with Crippen molar-refractivity contribution in [1.82, 2.24) is 9.88 Å². The van der Waals surface area contributed by atoms with Crippen molar-refractivity contribution in [2.75, 3.05) is 7.05 Å². The number of carbonyl (C=O) groups is 1. The topological polar surface area (TPSA) is 85.6 Å². The van der Waals surface area contributed by atoms with E-state index in [1.807, 2.05) is 0 Å². The number of nitro benzene ring substituents is 1. The zero-order chi connectivity index (χ0) is 24.6. The second-order valence-electron chi connectivity index (χ2n) is 7.14. The van der Waals surface area contributed by atoms with Gasteiger partial charge in [0, 0.05) is 18.7 Å². The predicted molar refractivity (Wildman–Crippen MR) is 99.0 cm³/mol. The molecular weight excluding hydrogens is 410 g/mol. The van der Waals surface area contributed by atoms with Gasteiger partial charge in [-0.3, -0.25) is 10.1 Å². The summed E-state index contributed by atoms with van der Waals surface area (Å²) in [5.41, 5.74) is -5.72. The Morgan fingerprint density at radius 1 is 1.27 bits per heavy atom. The molecule has 0 aliphatic rings. The number of carbonyl (C=O) groups excluding carboxylic acids is 1. The molecule has 11 heteroatoms.